The van der Waals surface area contributed by atoms with Crippen molar-refractivity contribution < 1.29 is 14.3 Å². The highest BCUT2D eigenvalue weighted by Crippen LogP contribution is 2.50. The van der Waals surface area contributed by atoms with Gasteiger partial charge in [-0.25, -0.2) is 4.79 Å². The van der Waals surface area contributed by atoms with Gasteiger partial charge in [0.2, 0.25) is 0 Å². The van der Waals surface area contributed by atoms with Crippen molar-refractivity contribution in [3.05, 3.63) is 39.6 Å². The highest BCUT2D eigenvalue weighted by atomic mass is 32.1. The van der Waals surface area contributed by atoms with E-state index in [0.29, 0.717) is 0 Å². The highest BCUT2D eigenvalue weighted by Gasteiger charge is 2.61. The van der Waals surface area contributed by atoms with Crippen molar-refractivity contribution in [2.75, 3.05) is 0 Å². The molecule has 4 rings (SSSR count). The normalized spacial score (nSPS) is 40.8. The van der Waals surface area contributed by atoms with E-state index in [1.807, 2.05) is 17.5 Å². The molecule has 0 unspecified atom stereocenters. The number of epoxide rings is 1. The van der Waals surface area contributed by atoms with Gasteiger partial charge in [-0.1, -0.05) is 11.6 Å². The summed E-state index contributed by atoms with van der Waals surface area (Å²) in [5, 5.41) is 4.10. The molecule has 0 radical (unpaired) electrons. The molecule has 3 nitrogen and oxygen atoms in total. The SMILES string of the molecule is C/C1=C\CC[C@@]2(C)O[C@H]2[C@H]2OC(=O)/C(=C\c3ccsc3)[C@@H]2CC1. The summed E-state index contributed by atoms with van der Waals surface area (Å²) in [6.07, 6.45) is 8.27. The molecular formula is C19H22O3S. The van der Waals surface area contributed by atoms with Crippen LogP contribution in [0, 0.1) is 5.92 Å². The Labute approximate surface area is 141 Å². The van der Waals surface area contributed by atoms with Crippen LogP contribution in [-0.4, -0.2) is 23.8 Å². The molecule has 2 saturated heterocycles. The van der Waals surface area contributed by atoms with E-state index >= 15 is 0 Å². The van der Waals surface area contributed by atoms with E-state index in [0.717, 1.165) is 36.8 Å². The number of carbonyl (C=O) groups is 1. The number of hydrogen-bond donors (Lipinski definition) is 0. The first-order valence-electron chi connectivity index (χ1n) is 8.35. The second kappa shape index (κ2) is 5.60. The molecule has 4 atom stereocenters. The first kappa shape index (κ1) is 15.2. The largest absolute Gasteiger partial charge is 0.455 e. The smallest absolute Gasteiger partial charge is 0.334 e. The summed E-state index contributed by atoms with van der Waals surface area (Å²) in [5.41, 5.74) is 3.18. The van der Waals surface area contributed by atoms with Crippen LogP contribution in [0.5, 0.6) is 0 Å². The van der Waals surface area contributed by atoms with Gasteiger partial charge < -0.3 is 9.47 Å². The maximum Gasteiger partial charge on any atom is 0.334 e. The number of esters is 1. The lowest BCUT2D eigenvalue weighted by Crippen LogP contribution is -2.28. The fraction of sp³-hybridized carbons (Fsp3) is 0.526. The average Bonchev–Trinajstić information content (AvgIpc) is 2.87. The molecule has 2 fully saturated rings. The summed E-state index contributed by atoms with van der Waals surface area (Å²) in [5.74, 6) is -0.0272. The van der Waals surface area contributed by atoms with E-state index in [4.69, 9.17) is 9.47 Å². The van der Waals surface area contributed by atoms with Crippen molar-refractivity contribution in [1.82, 2.24) is 0 Å². The molecule has 0 bridgehead atoms. The summed E-state index contributed by atoms with van der Waals surface area (Å²) >= 11 is 1.65. The molecule has 0 amide bonds. The molecule has 23 heavy (non-hydrogen) atoms. The first-order valence-corrected chi connectivity index (χ1v) is 9.29. The molecule has 1 aromatic rings. The van der Waals surface area contributed by atoms with Gasteiger partial charge >= 0.3 is 5.97 Å². The predicted octanol–water partition coefficient (Wildman–Crippen LogP) is 4.35. The third kappa shape index (κ3) is 2.79. The second-order valence-electron chi connectivity index (χ2n) is 7.11. The van der Waals surface area contributed by atoms with Gasteiger partial charge in [0, 0.05) is 11.5 Å². The van der Waals surface area contributed by atoms with Crippen LogP contribution in [0.25, 0.3) is 6.08 Å². The van der Waals surface area contributed by atoms with Crippen molar-refractivity contribution in [3.63, 3.8) is 0 Å². The average molecular weight is 330 g/mol. The molecule has 4 heteroatoms. The summed E-state index contributed by atoms with van der Waals surface area (Å²) in [7, 11) is 0. The zero-order valence-corrected chi connectivity index (χ0v) is 14.4. The number of ether oxygens (including phenoxy) is 2. The van der Waals surface area contributed by atoms with E-state index in [2.05, 4.69) is 25.3 Å². The molecular weight excluding hydrogens is 308 g/mol. The first-order chi connectivity index (χ1) is 11.1. The Bertz CT molecular complexity index is 673. The summed E-state index contributed by atoms with van der Waals surface area (Å²) in [6.45, 7) is 4.33. The molecule has 3 aliphatic rings. The molecule has 0 saturated carbocycles. The lowest BCUT2D eigenvalue weighted by Gasteiger charge is -2.19. The van der Waals surface area contributed by atoms with E-state index in [1.165, 1.54) is 5.57 Å². The van der Waals surface area contributed by atoms with E-state index in [-0.39, 0.29) is 29.7 Å². The van der Waals surface area contributed by atoms with Crippen LogP contribution >= 0.6 is 11.3 Å². The van der Waals surface area contributed by atoms with Crippen LogP contribution in [0.15, 0.2) is 34.0 Å². The Morgan fingerprint density at radius 1 is 1.43 bits per heavy atom. The predicted molar refractivity (Wildman–Crippen MR) is 91.2 cm³/mol. The van der Waals surface area contributed by atoms with Crippen LogP contribution in [0.1, 0.15) is 45.1 Å². The van der Waals surface area contributed by atoms with Gasteiger partial charge in [0.1, 0.15) is 12.2 Å². The van der Waals surface area contributed by atoms with Crippen molar-refractivity contribution in [2.45, 2.75) is 57.3 Å². The number of rotatable bonds is 1. The third-order valence-electron chi connectivity index (χ3n) is 5.36. The summed E-state index contributed by atoms with van der Waals surface area (Å²) in [4.78, 5) is 12.5. The Morgan fingerprint density at radius 3 is 3.09 bits per heavy atom. The topological polar surface area (TPSA) is 38.8 Å². The minimum Gasteiger partial charge on any atom is -0.455 e. The lowest BCUT2D eigenvalue weighted by molar-refractivity contribution is -0.139. The van der Waals surface area contributed by atoms with Crippen molar-refractivity contribution in [3.8, 4) is 0 Å². The minimum absolute atomic E-state index is 0.0524. The van der Waals surface area contributed by atoms with E-state index < -0.39 is 0 Å². The van der Waals surface area contributed by atoms with Crippen molar-refractivity contribution in [2.24, 2.45) is 5.92 Å². The molecule has 0 spiro atoms. The Balaban J connectivity index is 1.67. The standard InChI is InChI=1S/C19H22O3S/c1-12-4-3-8-19(2)17(22-19)16-14(6-5-12)15(18(20)21-16)10-13-7-9-23-11-13/h4,7,9-11,14,16-17H,3,5-6,8H2,1-2H3/b12-4+,15-10-/t14-,16-,17-,19+/m0/s1. The summed E-state index contributed by atoms with van der Waals surface area (Å²) in [6, 6.07) is 2.04. The number of carbonyl (C=O) groups excluding carboxylic acids is 1. The van der Waals surface area contributed by atoms with Gasteiger partial charge in [0.25, 0.3) is 0 Å². The van der Waals surface area contributed by atoms with Gasteiger partial charge in [-0.2, -0.15) is 11.3 Å². The number of hydrogen-bond acceptors (Lipinski definition) is 4. The van der Waals surface area contributed by atoms with Gasteiger partial charge in [-0.15, -0.1) is 0 Å². The molecule has 0 N–H and O–H groups in total. The van der Waals surface area contributed by atoms with Crippen molar-refractivity contribution in [1.29, 1.82) is 0 Å². The van der Waals surface area contributed by atoms with Gasteiger partial charge in [0.05, 0.1) is 5.60 Å². The van der Waals surface area contributed by atoms with Gasteiger partial charge in [-0.3, -0.25) is 0 Å². The Morgan fingerprint density at radius 2 is 2.30 bits per heavy atom. The van der Waals surface area contributed by atoms with E-state index in [9.17, 15) is 4.79 Å². The molecule has 1 aromatic heterocycles. The van der Waals surface area contributed by atoms with Crippen molar-refractivity contribution >= 4 is 23.4 Å². The number of fused-ring (bicyclic) bond motifs is 3. The third-order valence-corrected chi connectivity index (χ3v) is 6.06. The number of allylic oxidation sites excluding steroid dienone is 2. The fourth-order valence-corrected chi connectivity index (χ4v) is 4.48. The monoisotopic (exact) mass is 330 g/mol. The zero-order chi connectivity index (χ0) is 16.0. The second-order valence-corrected chi connectivity index (χ2v) is 7.89. The van der Waals surface area contributed by atoms with Gasteiger partial charge in [0.15, 0.2) is 0 Å². The Kier molecular flexibility index (Phi) is 3.69. The fourth-order valence-electron chi connectivity index (χ4n) is 3.86. The molecule has 2 aliphatic heterocycles. The molecule has 0 aromatic carbocycles. The molecule has 122 valence electrons. The van der Waals surface area contributed by atoms with E-state index in [1.54, 1.807) is 11.3 Å². The molecule has 1 aliphatic carbocycles. The summed E-state index contributed by atoms with van der Waals surface area (Å²) < 4.78 is 11.8. The Hall–Kier alpha value is -1.39. The zero-order valence-electron chi connectivity index (χ0n) is 13.6. The number of thiophene rings is 1. The van der Waals surface area contributed by atoms with Crippen LogP contribution in [-0.2, 0) is 14.3 Å². The quantitative estimate of drug-likeness (QED) is 0.332. The maximum atomic E-state index is 12.5. The maximum absolute atomic E-state index is 12.5. The van der Waals surface area contributed by atoms with Gasteiger partial charge in [-0.05, 0) is 68.0 Å². The van der Waals surface area contributed by atoms with Crippen LogP contribution in [0.3, 0.4) is 0 Å². The van der Waals surface area contributed by atoms with Crippen LogP contribution in [0.4, 0.5) is 0 Å². The molecule has 3 heterocycles. The highest BCUT2D eigenvalue weighted by molar-refractivity contribution is 7.08. The van der Waals surface area contributed by atoms with Crippen LogP contribution in [0.2, 0.25) is 0 Å². The van der Waals surface area contributed by atoms with Crippen LogP contribution < -0.4 is 0 Å². The minimum atomic E-state index is -0.162. The lowest BCUT2D eigenvalue weighted by atomic mass is 9.83.